The second kappa shape index (κ2) is 8.16. The molecule has 4 aromatic carbocycles. The van der Waals surface area contributed by atoms with E-state index in [1.54, 1.807) is 0 Å². The second-order valence-corrected chi connectivity index (χ2v) is 8.47. The van der Waals surface area contributed by atoms with Gasteiger partial charge in [0.15, 0.2) is 0 Å². The molecule has 0 saturated carbocycles. The Kier molecular flexibility index (Phi) is 4.84. The summed E-state index contributed by atoms with van der Waals surface area (Å²) >= 11 is 0. The van der Waals surface area contributed by atoms with Crippen LogP contribution in [0.15, 0.2) is 103 Å². The Hall–Kier alpha value is -4.44. The van der Waals surface area contributed by atoms with Crippen LogP contribution in [-0.4, -0.2) is 16.3 Å². The van der Waals surface area contributed by atoms with Gasteiger partial charge in [0, 0.05) is 17.4 Å². The van der Waals surface area contributed by atoms with Gasteiger partial charge in [0.25, 0.3) is 5.78 Å². The van der Waals surface area contributed by atoms with Crippen molar-refractivity contribution in [3.63, 3.8) is 0 Å². The number of Topliss-reactive ketones (excluding diaryl/α,β-unsaturated/α-hetero) is 1. The Morgan fingerprint density at radius 1 is 0.676 bits per heavy atom. The maximum atomic E-state index is 12.9. The van der Waals surface area contributed by atoms with E-state index in [4.69, 9.17) is 4.74 Å². The van der Waals surface area contributed by atoms with E-state index in [0.29, 0.717) is 12.1 Å². The van der Waals surface area contributed by atoms with Crippen LogP contribution in [0.3, 0.4) is 0 Å². The van der Waals surface area contributed by atoms with Crippen molar-refractivity contribution in [2.45, 2.75) is 13.2 Å². The number of esters is 1. The third-order valence-electron chi connectivity index (χ3n) is 6.43. The van der Waals surface area contributed by atoms with Crippen LogP contribution in [0, 0.1) is 0 Å². The molecule has 5 aromatic rings. The minimum absolute atomic E-state index is 0.0997. The Bertz CT molecular complexity index is 1530. The van der Waals surface area contributed by atoms with Crippen molar-refractivity contribution in [1.29, 1.82) is 0 Å². The molecule has 34 heavy (non-hydrogen) atoms. The Balaban J connectivity index is 1.46. The number of nitrogens with zero attached hydrogens (tertiary/aromatic N) is 1. The van der Waals surface area contributed by atoms with Crippen molar-refractivity contribution in [2.24, 2.45) is 0 Å². The Morgan fingerprint density at radius 3 is 1.97 bits per heavy atom. The van der Waals surface area contributed by atoms with Crippen LogP contribution in [0.2, 0.25) is 0 Å². The smallest absolute Gasteiger partial charge is 0.380 e. The molecule has 1 aromatic heterocycles. The van der Waals surface area contributed by atoms with Gasteiger partial charge in [0.2, 0.25) is 0 Å². The van der Waals surface area contributed by atoms with Crippen LogP contribution in [0.5, 0.6) is 0 Å². The Morgan fingerprint density at radius 2 is 1.26 bits per heavy atom. The summed E-state index contributed by atoms with van der Waals surface area (Å²) in [6.45, 7) is 0.700. The van der Waals surface area contributed by atoms with E-state index in [1.165, 1.54) is 5.56 Å². The fourth-order valence-electron chi connectivity index (χ4n) is 4.72. The lowest BCUT2D eigenvalue weighted by Crippen LogP contribution is -2.25. The van der Waals surface area contributed by atoms with E-state index in [0.717, 1.165) is 38.9 Å². The molecule has 4 nitrogen and oxygen atoms in total. The van der Waals surface area contributed by atoms with E-state index in [9.17, 15) is 9.59 Å². The van der Waals surface area contributed by atoms with Gasteiger partial charge in [-0.3, -0.25) is 4.79 Å². The van der Waals surface area contributed by atoms with E-state index in [1.807, 2.05) is 48.5 Å². The van der Waals surface area contributed by atoms with Gasteiger partial charge >= 0.3 is 5.97 Å². The molecule has 0 unspecified atom stereocenters. The summed E-state index contributed by atoms with van der Waals surface area (Å²) < 4.78 is 7.28. The molecule has 0 N–H and O–H groups in total. The van der Waals surface area contributed by atoms with Crippen LogP contribution in [0.4, 0.5) is 0 Å². The topological polar surface area (TPSA) is 48.3 Å². The third-order valence-corrected chi connectivity index (χ3v) is 6.43. The summed E-state index contributed by atoms with van der Waals surface area (Å²) in [7, 11) is 0. The highest BCUT2D eigenvalue weighted by Crippen LogP contribution is 2.35. The van der Waals surface area contributed by atoms with E-state index >= 15 is 0 Å². The number of rotatable bonds is 4. The summed E-state index contributed by atoms with van der Waals surface area (Å²) in [5, 5.41) is 0.789. The van der Waals surface area contributed by atoms with Crippen LogP contribution >= 0.6 is 0 Å². The van der Waals surface area contributed by atoms with Gasteiger partial charge in [-0.15, -0.1) is 0 Å². The quantitative estimate of drug-likeness (QED) is 0.243. The molecule has 2 heterocycles. The maximum Gasteiger partial charge on any atom is 0.380 e. The minimum Gasteiger partial charge on any atom is -0.453 e. The molecule has 0 aliphatic carbocycles. The largest absolute Gasteiger partial charge is 0.453 e. The number of cyclic esters (lactones) is 1. The predicted octanol–water partition coefficient (Wildman–Crippen LogP) is 6.26. The molecule has 0 radical (unpaired) electrons. The number of hydrogen-bond donors (Lipinski definition) is 0. The van der Waals surface area contributed by atoms with Crippen molar-refractivity contribution in [2.75, 3.05) is 0 Å². The van der Waals surface area contributed by atoms with Crippen LogP contribution < -0.4 is 0 Å². The lowest BCUT2D eigenvalue weighted by atomic mass is 9.98. The first-order valence-electron chi connectivity index (χ1n) is 11.3. The normalized spacial score (nSPS) is 13.1. The zero-order valence-corrected chi connectivity index (χ0v) is 18.4. The highest BCUT2D eigenvalue weighted by molar-refractivity contribution is 6.44. The molecule has 1 aliphatic heterocycles. The Labute approximate surface area is 197 Å². The fraction of sp³-hybridized carbons (Fsp3) is 0.0667. The zero-order valence-electron chi connectivity index (χ0n) is 18.4. The molecule has 6 rings (SSSR count). The first kappa shape index (κ1) is 20.2. The average molecular weight is 444 g/mol. The van der Waals surface area contributed by atoms with E-state index < -0.39 is 11.8 Å². The number of carbonyl (C=O) groups is 2. The highest BCUT2D eigenvalue weighted by Gasteiger charge is 2.33. The van der Waals surface area contributed by atoms with Gasteiger partial charge in [0.1, 0.15) is 6.61 Å². The minimum atomic E-state index is -0.788. The highest BCUT2D eigenvalue weighted by atomic mass is 16.5. The maximum absolute atomic E-state index is 12.9. The van der Waals surface area contributed by atoms with Crippen LogP contribution in [0.25, 0.3) is 33.2 Å². The van der Waals surface area contributed by atoms with Crippen molar-refractivity contribution in [3.8, 4) is 22.3 Å². The molecule has 0 spiro atoms. The summed E-state index contributed by atoms with van der Waals surface area (Å²) in [6, 6.07) is 34.8. The summed E-state index contributed by atoms with van der Waals surface area (Å²) in [4.78, 5) is 25.0. The lowest BCUT2D eigenvalue weighted by molar-refractivity contribution is -0.140. The number of hydrogen-bond acceptors (Lipinski definition) is 3. The van der Waals surface area contributed by atoms with Crippen molar-refractivity contribution in [3.05, 3.63) is 120 Å². The summed E-state index contributed by atoms with van der Waals surface area (Å²) in [5.74, 6) is -1.36. The monoisotopic (exact) mass is 443 g/mol. The fourth-order valence-corrected chi connectivity index (χ4v) is 4.72. The molecule has 0 atom stereocenters. The number of carbonyl (C=O) groups excluding carboxylic acids is 2. The van der Waals surface area contributed by atoms with Gasteiger partial charge < -0.3 is 9.30 Å². The van der Waals surface area contributed by atoms with E-state index in [2.05, 4.69) is 59.2 Å². The molecule has 0 amide bonds. The molecular formula is C30H21NO3. The predicted molar refractivity (Wildman–Crippen MR) is 132 cm³/mol. The molecule has 1 aliphatic rings. The number of fused-ring (bicyclic) bond motifs is 3. The van der Waals surface area contributed by atoms with E-state index in [-0.39, 0.29) is 6.61 Å². The zero-order chi connectivity index (χ0) is 23.1. The molecular weight excluding hydrogens is 422 g/mol. The average Bonchev–Trinajstić information content (AvgIpc) is 3.20. The van der Waals surface area contributed by atoms with Gasteiger partial charge in [-0.2, -0.15) is 0 Å². The van der Waals surface area contributed by atoms with Gasteiger partial charge in [-0.25, -0.2) is 4.79 Å². The number of ketones is 1. The molecule has 4 heteroatoms. The van der Waals surface area contributed by atoms with Gasteiger partial charge in [-0.05, 0) is 39.9 Å². The summed E-state index contributed by atoms with van der Waals surface area (Å²) in [5.41, 5.74) is 7.62. The number of aromatic nitrogens is 1. The SMILES string of the molecule is O=C1OCc2c(c3cc(-c4ccc(-c5ccccc5)cc4)ccc3n2Cc2ccccc2)C1=O. The van der Waals surface area contributed by atoms with Crippen LogP contribution in [-0.2, 0) is 22.7 Å². The number of benzene rings is 4. The lowest BCUT2D eigenvalue weighted by Gasteiger charge is -2.15. The van der Waals surface area contributed by atoms with Gasteiger partial charge in [-0.1, -0.05) is 91.0 Å². The molecule has 0 fully saturated rings. The standard InChI is InChI=1S/C30H21NO3/c32-29-28-25-17-24(23-13-11-22(12-14-23)21-9-5-2-6-10-21)15-16-26(25)31(27(28)19-34-30(29)33)18-20-7-3-1-4-8-20/h1-17H,18-19H2. The van der Waals surface area contributed by atoms with Crippen molar-refractivity contribution < 1.29 is 14.3 Å². The first-order chi connectivity index (χ1) is 16.7. The second-order valence-electron chi connectivity index (χ2n) is 8.47. The molecule has 0 bridgehead atoms. The van der Waals surface area contributed by atoms with Crippen molar-refractivity contribution >= 4 is 22.7 Å². The van der Waals surface area contributed by atoms with Gasteiger partial charge in [0.05, 0.1) is 11.3 Å². The summed E-state index contributed by atoms with van der Waals surface area (Å²) in [6.07, 6.45) is 0. The molecule has 0 saturated heterocycles. The first-order valence-corrected chi connectivity index (χ1v) is 11.3. The number of ether oxygens (including phenoxy) is 1. The van der Waals surface area contributed by atoms with Crippen LogP contribution in [0.1, 0.15) is 21.6 Å². The third kappa shape index (κ3) is 3.41. The van der Waals surface area contributed by atoms with Crippen molar-refractivity contribution in [1.82, 2.24) is 4.57 Å². The molecule has 164 valence electrons.